The number of aromatic nitrogens is 1. The largest absolute Gasteiger partial charge is 0.339 e. The Bertz CT molecular complexity index is 1590. The summed E-state index contributed by atoms with van der Waals surface area (Å²) < 4.78 is 26.2. The van der Waals surface area contributed by atoms with Gasteiger partial charge in [-0.15, -0.1) is 0 Å². The monoisotopic (exact) mass is 667 g/mol. The molecule has 46 heavy (non-hydrogen) atoms. The maximum atomic E-state index is 14.1. The Balaban J connectivity index is 1.29. The molecule has 1 aliphatic carbocycles. The van der Waals surface area contributed by atoms with Gasteiger partial charge >= 0.3 is 0 Å². The number of nitrogens with one attached hydrogen (secondary N) is 1. The van der Waals surface area contributed by atoms with Crippen molar-refractivity contribution in [3.63, 3.8) is 0 Å². The molecular formula is C35H46ClN5O4S. The fourth-order valence-electron chi connectivity index (χ4n) is 7.06. The van der Waals surface area contributed by atoms with E-state index in [1.54, 1.807) is 28.7 Å². The molecule has 2 fully saturated rings. The zero-order valence-electron chi connectivity index (χ0n) is 26.9. The number of pyridine rings is 1. The van der Waals surface area contributed by atoms with Gasteiger partial charge in [0.25, 0.3) is 5.91 Å². The van der Waals surface area contributed by atoms with Gasteiger partial charge in [0.2, 0.25) is 15.9 Å². The highest BCUT2D eigenvalue weighted by Crippen LogP contribution is 2.31. The van der Waals surface area contributed by atoms with Crippen molar-refractivity contribution in [2.45, 2.75) is 64.0 Å². The molecule has 2 aliphatic rings. The molecule has 5 rings (SSSR count). The van der Waals surface area contributed by atoms with Crippen LogP contribution in [0.5, 0.6) is 0 Å². The van der Waals surface area contributed by atoms with Crippen molar-refractivity contribution in [2.75, 3.05) is 45.5 Å². The molecule has 1 unspecified atom stereocenters. The first-order chi connectivity index (χ1) is 22.1. The molecule has 1 saturated heterocycles. The number of fused-ring (bicyclic) bond motifs is 1. The topological polar surface area (TPSA) is 103 Å². The van der Waals surface area contributed by atoms with Crippen LogP contribution in [-0.4, -0.2) is 96.9 Å². The van der Waals surface area contributed by atoms with E-state index < -0.39 is 16.1 Å². The van der Waals surface area contributed by atoms with E-state index in [2.05, 4.69) is 15.2 Å². The van der Waals surface area contributed by atoms with Gasteiger partial charge in [0.1, 0.15) is 11.7 Å². The van der Waals surface area contributed by atoms with Crippen LogP contribution < -0.4 is 5.32 Å². The third-order valence-corrected chi connectivity index (χ3v) is 11.2. The Morgan fingerprint density at radius 1 is 1.00 bits per heavy atom. The lowest BCUT2D eigenvalue weighted by Crippen LogP contribution is -2.58. The third kappa shape index (κ3) is 8.85. The molecule has 0 radical (unpaired) electrons. The first-order valence-electron chi connectivity index (χ1n) is 16.5. The normalized spacial score (nSPS) is 18.0. The first-order valence-corrected chi connectivity index (χ1v) is 18.7. The van der Waals surface area contributed by atoms with Crippen molar-refractivity contribution in [3.8, 4) is 0 Å². The quantitative estimate of drug-likeness (QED) is 0.292. The molecule has 1 saturated carbocycles. The van der Waals surface area contributed by atoms with E-state index in [0.717, 1.165) is 35.6 Å². The fourth-order valence-corrected chi connectivity index (χ4v) is 8.09. The summed E-state index contributed by atoms with van der Waals surface area (Å²) in [5.74, 6) is 0.0215. The SMILES string of the molecule is CCN(CCC(C1CCCCC1)N1CCN(C(=O)[C@@H](Cc2ccc(Cl)cc2)NC(=O)c2cc3ccccc3cn2)CC1)S(C)(=O)=O. The standard InChI is InChI=1S/C35H46ClN5O4S/c1-3-41(46(2,44)45)18-17-33(27-9-5-4-6-10-27)39-19-21-40(22-20-39)35(43)32(23-26-13-15-30(36)16-14-26)38-34(42)31-24-28-11-7-8-12-29(28)25-37-31/h7-8,11-16,24-25,27,32-33H,3-6,9-10,17-23H2,1-2H3,(H,38,42)/t32-,33?/m1/s1. The van der Waals surface area contributed by atoms with Gasteiger partial charge < -0.3 is 10.2 Å². The second-order valence-electron chi connectivity index (χ2n) is 12.6. The number of benzene rings is 2. The molecular weight excluding hydrogens is 622 g/mol. The number of nitrogens with zero attached hydrogens (tertiary/aromatic N) is 4. The van der Waals surface area contributed by atoms with Gasteiger partial charge in [0, 0.05) is 68.3 Å². The zero-order valence-corrected chi connectivity index (χ0v) is 28.5. The number of amides is 2. The van der Waals surface area contributed by atoms with Crippen molar-refractivity contribution < 1.29 is 18.0 Å². The summed E-state index contributed by atoms with van der Waals surface area (Å²) in [5, 5.41) is 5.45. The lowest BCUT2D eigenvalue weighted by atomic mass is 9.81. The smallest absolute Gasteiger partial charge is 0.270 e. The van der Waals surface area contributed by atoms with E-state index in [1.807, 2.05) is 48.2 Å². The highest BCUT2D eigenvalue weighted by molar-refractivity contribution is 7.88. The van der Waals surface area contributed by atoms with Gasteiger partial charge in [0.15, 0.2) is 0 Å². The van der Waals surface area contributed by atoms with Crippen molar-refractivity contribution in [1.29, 1.82) is 0 Å². The van der Waals surface area contributed by atoms with Gasteiger partial charge in [-0.25, -0.2) is 12.7 Å². The van der Waals surface area contributed by atoms with Crippen LogP contribution in [0.4, 0.5) is 0 Å². The van der Waals surface area contributed by atoms with Gasteiger partial charge in [0.05, 0.1) is 6.26 Å². The molecule has 0 bridgehead atoms. The molecule has 11 heteroatoms. The van der Waals surface area contributed by atoms with Crippen LogP contribution in [-0.2, 0) is 21.2 Å². The Morgan fingerprint density at radius 2 is 1.67 bits per heavy atom. The van der Waals surface area contributed by atoms with Gasteiger partial charge in [-0.1, -0.05) is 74.2 Å². The number of hydrogen-bond donors (Lipinski definition) is 1. The predicted octanol–water partition coefficient (Wildman–Crippen LogP) is 4.99. The zero-order chi connectivity index (χ0) is 32.7. The lowest BCUT2D eigenvalue weighted by Gasteiger charge is -2.44. The highest BCUT2D eigenvalue weighted by atomic mass is 35.5. The van der Waals surface area contributed by atoms with Crippen LogP contribution in [0.1, 0.15) is 61.5 Å². The van der Waals surface area contributed by atoms with E-state index in [9.17, 15) is 18.0 Å². The van der Waals surface area contributed by atoms with Crippen molar-refractivity contribution >= 4 is 44.2 Å². The molecule has 9 nitrogen and oxygen atoms in total. The molecule has 0 spiro atoms. The second kappa shape index (κ2) is 15.7. The minimum Gasteiger partial charge on any atom is -0.339 e. The summed E-state index contributed by atoms with van der Waals surface area (Å²) in [6.45, 7) is 5.38. The number of sulfonamides is 1. The molecule has 2 atom stereocenters. The molecule has 2 amide bonds. The molecule has 248 valence electrons. The average Bonchev–Trinajstić information content (AvgIpc) is 3.07. The molecule has 1 N–H and O–H groups in total. The summed E-state index contributed by atoms with van der Waals surface area (Å²) in [7, 11) is -3.26. The van der Waals surface area contributed by atoms with E-state index >= 15 is 0 Å². The van der Waals surface area contributed by atoms with Crippen molar-refractivity contribution in [3.05, 3.63) is 77.1 Å². The maximum absolute atomic E-state index is 14.1. The average molecular weight is 668 g/mol. The molecule has 1 aromatic heterocycles. The van der Waals surface area contributed by atoms with E-state index in [0.29, 0.717) is 56.6 Å². The van der Waals surface area contributed by atoms with E-state index in [-0.39, 0.29) is 23.6 Å². The summed E-state index contributed by atoms with van der Waals surface area (Å²) in [4.78, 5) is 36.2. The van der Waals surface area contributed by atoms with E-state index in [4.69, 9.17) is 11.6 Å². The Kier molecular flexibility index (Phi) is 11.7. The summed E-state index contributed by atoms with van der Waals surface area (Å²) >= 11 is 6.12. The van der Waals surface area contributed by atoms with Crippen LogP contribution in [0.2, 0.25) is 5.02 Å². The molecule has 2 heterocycles. The number of carbonyl (C=O) groups excluding carboxylic acids is 2. The number of rotatable bonds is 12. The first kappa shape index (κ1) is 34.3. The van der Waals surface area contributed by atoms with Gasteiger partial charge in [-0.3, -0.25) is 19.5 Å². The van der Waals surface area contributed by atoms with Gasteiger partial charge in [-0.05, 0) is 54.3 Å². The predicted molar refractivity (Wildman–Crippen MR) is 183 cm³/mol. The number of halogens is 1. The Morgan fingerprint density at radius 3 is 2.33 bits per heavy atom. The number of piperazine rings is 1. The molecule has 2 aromatic carbocycles. The van der Waals surface area contributed by atoms with Crippen LogP contribution >= 0.6 is 11.6 Å². The Labute approximate surface area is 278 Å². The van der Waals surface area contributed by atoms with Crippen LogP contribution in [0.15, 0.2) is 60.8 Å². The van der Waals surface area contributed by atoms with Crippen LogP contribution in [0, 0.1) is 5.92 Å². The second-order valence-corrected chi connectivity index (χ2v) is 15.1. The summed E-state index contributed by atoms with van der Waals surface area (Å²) in [6, 6.07) is 16.3. The van der Waals surface area contributed by atoms with Gasteiger partial charge in [-0.2, -0.15) is 0 Å². The summed E-state index contributed by atoms with van der Waals surface area (Å²) in [5.41, 5.74) is 1.17. The minimum atomic E-state index is -3.26. The third-order valence-electron chi connectivity index (χ3n) is 9.61. The lowest BCUT2D eigenvalue weighted by molar-refractivity contribution is -0.135. The highest BCUT2D eigenvalue weighted by Gasteiger charge is 2.35. The van der Waals surface area contributed by atoms with Crippen LogP contribution in [0.3, 0.4) is 0 Å². The van der Waals surface area contributed by atoms with Crippen molar-refractivity contribution in [1.82, 2.24) is 24.4 Å². The van der Waals surface area contributed by atoms with Crippen LogP contribution in [0.25, 0.3) is 10.8 Å². The molecule has 1 aliphatic heterocycles. The fraction of sp³-hybridized carbons (Fsp3) is 0.514. The van der Waals surface area contributed by atoms with E-state index in [1.165, 1.54) is 25.5 Å². The maximum Gasteiger partial charge on any atom is 0.270 e. The Hall–Kier alpha value is -3.05. The number of carbonyl (C=O) groups is 2. The van der Waals surface area contributed by atoms with Crippen molar-refractivity contribution in [2.24, 2.45) is 5.92 Å². The molecule has 3 aromatic rings. The summed E-state index contributed by atoms with van der Waals surface area (Å²) in [6.07, 6.45) is 10.1. The minimum absolute atomic E-state index is 0.118. The number of hydrogen-bond acceptors (Lipinski definition) is 6.